The van der Waals surface area contributed by atoms with E-state index in [4.69, 9.17) is 16.3 Å². The van der Waals surface area contributed by atoms with Crippen molar-refractivity contribution in [2.45, 2.75) is 19.9 Å². The van der Waals surface area contributed by atoms with E-state index in [0.717, 1.165) is 22.6 Å². The number of methoxy groups -OCH3 is 1. The van der Waals surface area contributed by atoms with Crippen LogP contribution in [-0.4, -0.2) is 25.5 Å². The van der Waals surface area contributed by atoms with Crippen LogP contribution in [0.3, 0.4) is 0 Å². The summed E-state index contributed by atoms with van der Waals surface area (Å²) in [5.74, 6) is 0.196. The number of anilines is 1. The minimum absolute atomic E-state index is 0.0584. The fourth-order valence-corrected chi connectivity index (χ4v) is 3.29. The van der Waals surface area contributed by atoms with Gasteiger partial charge in [-0.05, 0) is 42.3 Å². The van der Waals surface area contributed by atoms with Crippen LogP contribution in [0.1, 0.15) is 17.5 Å². The Balaban J connectivity index is 1.64. The lowest BCUT2D eigenvalue weighted by Crippen LogP contribution is -2.32. The second kappa shape index (κ2) is 7.79. The number of benzene rings is 2. The fraction of sp³-hybridized carbons (Fsp3) is 0.300. The number of hydrogen-bond acceptors (Lipinski definition) is 3. The first-order valence-electron chi connectivity index (χ1n) is 8.45. The lowest BCUT2D eigenvalue weighted by atomic mass is 10.1. The van der Waals surface area contributed by atoms with E-state index in [0.29, 0.717) is 18.1 Å². The summed E-state index contributed by atoms with van der Waals surface area (Å²) in [6.07, 6.45) is 0.204. The van der Waals surface area contributed by atoms with Crippen molar-refractivity contribution in [2.24, 2.45) is 5.92 Å². The SMILES string of the molecule is COc1cccc(CNC(=O)C2CC(=O)N(c3cccc(Cl)c3C)C2)c1. The maximum Gasteiger partial charge on any atom is 0.227 e. The van der Waals surface area contributed by atoms with Crippen molar-refractivity contribution in [1.82, 2.24) is 5.32 Å². The summed E-state index contributed by atoms with van der Waals surface area (Å²) in [7, 11) is 1.61. The molecule has 0 radical (unpaired) electrons. The van der Waals surface area contributed by atoms with Crippen molar-refractivity contribution >= 4 is 29.1 Å². The third kappa shape index (κ3) is 3.83. The Morgan fingerprint density at radius 1 is 1.31 bits per heavy atom. The molecule has 1 saturated heterocycles. The van der Waals surface area contributed by atoms with Gasteiger partial charge in [0.1, 0.15) is 5.75 Å². The largest absolute Gasteiger partial charge is 0.497 e. The van der Waals surface area contributed by atoms with Gasteiger partial charge in [0, 0.05) is 30.2 Å². The van der Waals surface area contributed by atoms with Crippen molar-refractivity contribution < 1.29 is 14.3 Å². The predicted octanol–water partition coefficient (Wildman–Crippen LogP) is 3.33. The lowest BCUT2D eigenvalue weighted by Gasteiger charge is -2.19. The molecule has 3 rings (SSSR count). The van der Waals surface area contributed by atoms with Gasteiger partial charge in [-0.3, -0.25) is 9.59 Å². The summed E-state index contributed by atoms with van der Waals surface area (Å²) in [5.41, 5.74) is 2.56. The van der Waals surface area contributed by atoms with Gasteiger partial charge in [0.2, 0.25) is 11.8 Å². The smallest absolute Gasteiger partial charge is 0.227 e. The molecule has 0 spiro atoms. The van der Waals surface area contributed by atoms with Crippen LogP contribution in [0.5, 0.6) is 5.75 Å². The quantitative estimate of drug-likeness (QED) is 0.875. The maximum atomic E-state index is 12.5. The fourth-order valence-electron chi connectivity index (χ4n) is 3.12. The zero-order chi connectivity index (χ0) is 18.7. The molecular formula is C20H21ClN2O3. The first-order valence-corrected chi connectivity index (χ1v) is 8.83. The molecule has 1 fully saturated rings. The molecule has 1 aliphatic rings. The Morgan fingerprint density at radius 2 is 2.08 bits per heavy atom. The van der Waals surface area contributed by atoms with Gasteiger partial charge in [-0.2, -0.15) is 0 Å². The first kappa shape index (κ1) is 18.3. The van der Waals surface area contributed by atoms with E-state index in [1.54, 1.807) is 18.1 Å². The maximum absolute atomic E-state index is 12.5. The molecule has 2 aromatic carbocycles. The van der Waals surface area contributed by atoms with Crippen LogP contribution in [0, 0.1) is 12.8 Å². The van der Waals surface area contributed by atoms with Crippen molar-refractivity contribution in [3.63, 3.8) is 0 Å². The Bertz CT molecular complexity index is 838. The summed E-state index contributed by atoms with van der Waals surface area (Å²) < 4.78 is 5.18. The second-order valence-electron chi connectivity index (χ2n) is 6.36. The van der Waals surface area contributed by atoms with Gasteiger partial charge >= 0.3 is 0 Å². The van der Waals surface area contributed by atoms with Gasteiger partial charge in [0.05, 0.1) is 13.0 Å². The molecule has 1 aliphatic heterocycles. The highest BCUT2D eigenvalue weighted by Crippen LogP contribution is 2.31. The van der Waals surface area contributed by atoms with Crippen molar-refractivity contribution in [1.29, 1.82) is 0 Å². The zero-order valence-corrected chi connectivity index (χ0v) is 15.5. The monoisotopic (exact) mass is 372 g/mol. The number of carbonyl (C=O) groups is 2. The van der Waals surface area contributed by atoms with Gasteiger partial charge < -0.3 is 15.0 Å². The van der Waals surface area contributed by atoms with E-state index in [1.807, 2.05) is 43.3 Å². The number of nitrogens with zero attached hydrogens (tertiary/aromatic N) is 1. The van der Waals surface area contributed by atoms with Gasteiger partial charge in [-0.25, -0.2) is 0 Å². The van der Waals surface area contributed by atoms with Crippen LogP contribution in [0.15, 0.2) is 42.5 Å². The molecule has 0 saturated carbocycles. The molecule has 0 bridgehead atoms. The number of halogens is 1. The standard InChI is InChI=1S/C20H21ClN2O3/c1-13-17(21)7-4-8-18(13)23-12-15(10-19(23)24)20(25)22-11-14-5-3-6-16(9-14)26-2/h3-9,15H,10-12H2,1-2H3,(H,22,25). The van der Waals surface area contributed by atoms with Gasteiger partial charge in [-0.1, -0.05) is 29.8 Å². The molecule has 0 aromatic heterocycles. The lowest BCUT2D eigenvalue weighted by molar-refractivity contribution is -0.126. The highest BCUT2D eigenvalue weighted by Gasteiger charge is 2.35. The van der Waals surface area contributed by atoms with E-state index >= 15 is 0 Å². The number of ether oxygens (including phenoxy) is 1. The van der Waals surface area contributed by atoms with E-state index in [9.17, 15) is 9.59 Å². The third-order valence-electron chi connectivity index (χ3n) is 4.63. The third-order valence-corrected chi connectivity index (χ3v) is 5.04. The summed E-state index contributed by atoms with van der Waals surface area (Å²) in [6.45, 7) is 2.64. The van der Waals surface area contributed by atoms with E-state index in [-0.39, 0.29) is 24.2 Å². The van der Waals surface area contributed by atoms with Crippen LogP contribution in [0.4, 0.5) is 5.69 Å². The van der Waals surface area contributed by atoms with E-state index < -0.39 is 0 Å². The second-order valence-corrected chi connectivity index (χ2v) is 6.77. The number of carbonyl (C=O) groups excluding carboxylic acids is 2. The Kier molecular flexibility index (Phi) is 5.47. The Labute approximate surface area is 157 Å². The van der Waals surface area contributed by atoms with Crippen molar-refractivity contribution in [3.8, 4) is 5.75 Å². The summed E-state index contributed by atoms with van der Waals surface area (Å²) in [5, 5.41) is 3.52. The van der Waals surface area contributed by atoms with Gasteiger partial charge in [0.15, 0.2) is 0 Å². The minimum Gasteiger partial charge on any atom is -0.497 e. The topological polar surface area (TPSA) is 58.6 Å². The van der Waals surface area contributed by atoms with Crippen LogP contribution in [0.2, 0.25) is 5.02 Å². The number of amides is 2. The molecule has 2 aromatic rings. The molecule has 1 atom stereocenters. The first-order chi connectivity index (χ1) is 12.5. The molecule has 2 amide bonds. The molecule has 1 heterocycles. The molecule has 6 heteroatoms. The van der Waals surface area contributed by atoms with Gasteiger partial charge in [0.25, 0.3) is 0 Å². The van der Waals surface area contributed by atoms with Crippen LogP contribution in [0.25, 0.3) is 0 Å². The highest BCUT2D eigenvalue weighted by atomic mass is 35.5. The number of nitrogens with one attached hydrogen (secondary N) is 1. The molecule has 1 unspecified atom stereocenters. The normalized spacial score (nSPS) is 16.7. The molecule has 1 N–H and O–H groups in total. The Hall–Kier alpha value is -2.53. The van der Waals surface area contributed by atoms with Crippen LogP contribution < -0.4 is 15.0 Å². The Morgan fingerprint density at radius 3 is 2.85 bits per heavy atom. The summed E-state index contributed by atoms with van der Waals surface area (Å²) >= 11 is 6.15. The van der Waals surface area contributed by atoms with Crippen LogP contribution in [-0.2, 0) is 16.1 Å². The van der Waals surface area contributed by atoms with Crippen molar-refractivity contribution in [3.05, 3.63) is 58.6 Å². The number of rotatable bonds is 5. The van der Waals surface area contributed by atoms with E-state index in [1.165, 1.54) is 0 Å². The predicted molar refractivity (Wildman–Crippen MR) is 101 cm³/mol. The summed E-state index contributed by atoms with van der Waals surface area (Å²) in [4.78, 5) is 26.5. The molecular weight excluding hydrogens is 352 g/mol. The minimum atomic E-state index is -0.369. The molecule has 0 aliphatic carbocycles. The number of hydrogen-bond donors (Lipinski definition) is 1. The zero-order valence-electron chi connectivity index (χ0n) is 14.8. The highest BCUT2D eigenvalue weighted by molar-refractivity contribution is 6.31. The molecule has 26 heavy (non-hydrogen) atoms. The molecule has 5 nitrogen and oxygen atoms in total. The van der Waals surface area contributed by atoms with Gasteiger partial charge in [-0.15, -0.1) is 0 Å². The van der Waals surface area contributed by atoms with E-state index in [2.05, 4.69) is 5.32 Å². The van der Waals surface area contributed by atoms with Crippen molar-refractivity contribution in [2.75, 3.05) is 18.6 Å². The molecule has 136 valence electrons. The summed E-state index contributed by atoms with van der Waals surface area (Å²) in [6, 6.07) is 13.0. The average Bonchev–Trinajstić information content (AvgIpc) is 3.04. The van der Waals surface area contributed by atoms with Crippen LogP contribution >= 0.6 is 11.6 Å². The average molecular weight is 373 g/mol.